The number of nitrogens with one attached hydrogen (secondary N) is 1. The Labute approximate surface area is 134 Å². The molecular weight excluding hydrogens is 318 g/mol. The third kappa shape index (κ3) is 5.42. The highest BCUT2D eigenvalue weighted by molar-refractivity contribution is 7.89. The van der Waals surface area contributed by atoms with Crippen LogP contribution in [0.1, 0.15) is 21.7 Å². The van der Waals surface area contributed by atoms with E-state index in [4.69, 9.17) is 0 Å². The fourth-order valence-corrected chi connectivity index (χ4v) is 2.80. The van der Waals surface area contributed by atoms with Crippen LogP contribution < -0.4 is 4.72 Å². The van der Waals surface area contributed by atoms with Crippen molar-refractivity contribution in [2.45, 2.75) is 13.0 Å². The molecule has 2 aromatic rings. The SMILES string of the molecule is COC(=O)c1ccc(CNS(=O)(=O)CCc2ccccn2)nc1. The third-order valence-electron chi connectivity index (χ3n) is 3.07. The molecule has 23 heavy (non-hydrogen) atoms. The van der Waals surface area contributed by atoms with Gasteiger partial charge < -0.3 is 4.74 Å². The molecule has 0 bridgehead atoms. The number of aromatic nitrogens is 2. The normalized spacial score (nSPS) is 11.2. The summed E-state index contributed by atoms with van der Waals surface area (Å²) in [5.74, 6) is -0.537. The zero-order valence-electron chi connectivity index (χ0n) is 12.6. The van der Waals surface area contributed by atoms with Crippen molar-refractivity contribution in [1.82, 2.24) is 14.7 Å². The van der Waals surface area contributed by atoms with E-state index < -0.39 is 16.0 Å². The van der Waals surface area contributed by atoms with E-state index in [1.807, 2.05) is 6.07 Å². The fourth-order valence-electron chi connectivity index (χ4n) is 1.81. The van der Waals surface area contributed by atoms with Crippen molar-refractivity contribution in [2.24, 2.45) is 0 Å². The summed E-state index contributed by atoms with van der Waals surface area (Å²) in [6, 6.07) is 8.49. The third-order valence-corrected chi connectivity index (χ3v) is 4.40. The van der Waals surface area contributed by atoms with Crippen LogP contribution in [0.15, 0.2) is 42.7 Å². The molecule has 0 fully saturated rings. The van der Waals surface area contributed by atoms with Crippen molar-refractivity contribution in [3.05, 3.63) is 59.7 Å². The lowest BCUT2D eigenvalue weighted by atomic mass is 10.2. The highest BCUT2D eigenvalue weighted by Gasteiger charge is 2.12. The first-order valence-electron chi connectivity index (χ1n) is 6.90. The van der Waals surface area contributed by atoms with Crippen molar-refractivity contribution in [1.29, 1.82) is 0 Å². The molecule has 0 spiro atoms. The second kappa shape index (κ2) is 7.80. The van der Waals surface area contributed by atoms with Crippen LogP contribution in [0.3, 0.4) is 0 Å². The number of hydrogen-bond donors (Lipinski definition) is 1. The number of carbonyl (C=O) groups excluding carboxylic acids is 1. The van der Waals surface area contributed by atoms with Gasteiger partial charge in [0.1, 0.15) is 0 Å². The number of nitrogens with zero attached hydrogens (tertiary/aromatic N) is 2. The lowest BCUT2D eigenvalue weighted by Gasteiger charge is -2.06. The maximum absolute atomic E-state index is 12.0. The number of ether oxygens (including phenoxy) is 1. The number of sulfonamides is 1. The first-order valence-corrected chi connectivity index (χ1v) is 8.56. The fraction of sp³-hybridized carbons (Fsp3) is 0.267. The van der Waals surface area contributed by atoms with Gasteiger partial charge in [-0.25, -0.2) is 17.9 Å². The summed E-state index contributed by atoms with van der Waals surface area (Å²) in [4.78, 5) is 19.4. The molecule has 0 unspecified atom stereocenters. The van der Waals surface area contributed by atoms with Gasteiger partial charge >= 0.3 is 5.97 Å². The number of methoxy groups -OCH3 is 1. The van der Waals surface area contributed by atoms with E-state index in [-0.39, 0.29) is 12.3 Å². The molecule has 2 rings (SSSR count). The van der Waals surface area contributed by atoms with E-state index in [0.717, 1.165) is 5.69 Å². The van der Waals surface area contributed by atoms with Crippen molar-refractivity contribution in [3.8, 4) is 0 Å². The number of aryl methyl sites for hydroxylation is 1. The molecule has 0 aliphatic carbocycles. The number of rotatable bonds is 7. The molecule has 0 aliphatic rings. The topological polar surface area (TPSA) is 98.2 Å². The van der Waals surface area contributed by atoms with Gasteiger partial charge in [0.15, 0.2) is 0 Å². The van der Waals surface area contributed by atoms with Crippen LogP contribution in [-0.2, 0) is 27.7 Å². The molecule has 0 aliphatic heterocycles. The predicted octanol–water partition coefficient (Wildman–Crippen LogP) is 0.925. The minimum absolute atomic E-state index is 0.0513. The Kier molecular flexibility index (Phi) is 5.78. The van der Waals surface area contributed by atoms with Crippen LogP contribution in [0.25, 0.3) is 0 Å². The van der Waals surface area contributed by atoms with Gasteiger partial charge in [-0.2, -0.15) is 0 Å². The molecule has 0 atom stereocenters. The van der Waals surface area contributed by atoms with E-state index in [9.17, 15) is 13.2 Å². The Morgan fingerprint density at radius 1 is 1.17 bits per heavy atom. The van der Waals surface area contributed by atoms with Crippen molar-refractivity contribution in [3.63, 3.8) is 0 Å². The number of hydrogen-bond acceptors (Lipinski definition) is 6. The van der Waals surface area contributed by atoms with E-state index in [0.29, 0.717) is 17.7 Å². The van der Waals surface area contributed by atoms with Gasteiger partial charge in [0.2, 0.25) is 10.0 Å². The molecule has 0 saturated carbocycles. The van der Waals surface area contributed by atoms with Crippen molar-refractivity contribution < 1.29 is 17.9 Å². The van der Waals surface area contributed by atoms with E-state index >= 15 is 0 Å². The van der Waals surface area contributed by atoms with Crippen LogP contribution in [0.2, 0.25) is 0 Å². The molecule has 0 saturated heterocycles. The minimum Gasteiger partial charge on any atom is -0.465 e. The lowest BCUT2D eigenvalue weighted by molar-refractivity contribution is 0.0600. The summed E-state index contributed by atoms with van der Waals surface area (Å²) < 4.78 is 31.0. The van der Waals surface area contributed by atoms with E-state index in [1.165, 1.54) is 19.4 Å². The molecule has 8 heteroatoms. The Bertz CT molecular complexity index is 746. The van der Waals surface area contributed by atoms with Crippen LogP contribution in [-0.4, -0.2) is 37.2 Å². The molecular formula is C15H17N3O4S. The van der Waals surface area contributed by atoms with Crippen LogP contribution in [0.5, 0.6) is 0 Å². The van der Waals surface area contributed by atoms with Gasteiger partial charge in [0.05, 0.1) is 30.7 Å². The van der Waals surface area contributed by atoms with Gasteiger partial charge in [-0.1, -0.05) is 6.07 Å². The Hall–Kier alpha value is -2.32. The molecule has 122 valence electrons. The zero-order valence-corrected chi connectivity index (χ0v) is 13.4. The Morgan fingerprint density at radius 2 is 2.00 bits per heavy atom. The average molecular weight is 335 g/mol. The molecule has 0 aromatic carbocycles. The van der Waals surface area contributed by atoms with Gasteiger partial charge in [-0.15, -0.1) is 0 Å². The van der Waals surface area contributed by atoms with Crippen LogP contribution in [0.4, 0.5) is 0 Å². The summed E-state index contributed by atoms with van der Waals surface area (Å²) in [5.41, 5.74) is 1.55. The summed E-state index contributed by atoms with van der Waals surface area (Å²) in [7, 11) is -2.15. The average Bonchev–Trinajstić information content (AvgIpc) is 2.59. The zero-order chi connectivity index (χ0) is 16.7. The smallest absolute Gasteiger partial charge is 0.339 e. The van der Waals surface area contributed by atoms with E-state index in [2.05, 4.69) is 19.4 Å². The Balaban J connectivity index is 1.87. The second-order valence-corrected chi connectivity index (χ2v) is 6.67. The maximum Gasteiger partial charge on any atom is 0.339 e. The first-order chi connectivity index (χ1) is 11.0. The van der Waals surface area contributed by atoms with Gasteiger partial charge in [0.25, 0.3) is 0 Å². The Morgan fingerprint density at radius 3 is 2.61 bits per heavy atom. The van der Waals surface area contributed by atoms with Crippen molar-refractivity contribution >= 4 is 16.0 Å². The van der Waals surface area contributed by atoms with E-state index in [1.54, 1.807) is 24.4 Å². The summed E-state index contributed by atoms with van der Waals surface area (Å²) >= 11 is 0. The summed E-state index contributed by atoms with van der Waals surface area (Å²) in [5, 5.41) is 0. The molecule has 1 N–H and O–H groups in total. The maximum atomic E-state index is 12.0. The number of carbonyl (C=O) groups is 1. The standard InChI is InChI=1S/C15H17N3O4S/c1-22-15(19)12-5-6-14(17-10-12)11-18-23(20,21)9-7-13-4-2-3-8-16-13/h2-6,8,10,18H,7,9,11H2,1H3. The molecule has 0 radical (unpaired) electrons. The number of pyridine rings is 2. The molecule has 7 nitrogen and oxygen atoms in total. The largest absolute Gasteiger partial charge is 0.465 e. The minimum atomic E-state index is -3.43. The van der Waals surface area contributed by atoms with Crippen molar-refractivity contribution in [2.75, 3.05) is 12.9 Å². The second-order valence-electron chi connectivity index (χ2n) is 4.74. The summed E-state index contributed by atoms with van der Waals surface area (Å²) in [6.07, 6.45) is 3.32. The quantitative estimate of drug-likeness (QED) is 0.756. The van der Waals surface area contributed by atoms with Gasteiger partial charge in [-0.3, -0.25) is 9.97 Å². The summed E-state index contributed by atoms with van der Waals surface area (Å²) in [6.45, 7) is 0.0615. The van der Waals surface area contributed by atoms with Crippen LogP contribution in [0, 0.1) is 0 Å². The predicted molar refractivity (Wildman–Crippen MR) is 84.1 cm³/mol. The molecule has 2 heterocycles. The van der Waals surface area contributed by atoms with Gasteiger partial charge in [0, 0.05) is 24.5 Å². The highest BCUT2D eigenvalue weighted by Crippen LogP contribution is 2.03. The first kappa shape index (κ1) is 17.0. The van der Waals surface area contributed by atoms with Gasteiger partial charge in [-0.05, 0) is 24.3 Å². The lowest BCUT2D eigenvalue weighted by Crippen LogP contribution is -2.27. The highest BCUT2D eigenvalue weighted by atomic mass is 32.2. The monoisotopic (exact) mass is 335 g/mol. The number of esters is 1. The van der Waals surface area contributed by atoms with Crippen LogP contribution >= 0.6 is 0 Å². The molecule has 0 amide bonds. The molecule has 2 aromatic heterocycles.